The summed E-state index contributed by atoms with van der Waals surface area (Å²) in [4.78, 5) is 0. The van der Waals surface area contributed by atoms with Gasteiger partial charge in [0.1, 0.15) is 0 Å². The van der Waals surface area contributed by atoms with Gasteiger partial charge in [-0.2, -0.15) is 0 Å². The molecule has 1 unspecified atom stereocenters. The standard InChI is InChI=1S/C15H19Cl2N/c1-2-18-15(11-7-4-3-5-8-11)14-12(16)9-6-10-13(14)17/h6-7,9-10,15,18H,2-5,8H2,1H3. The first-order valence-electron chi connectivity index (χ1n) is 6.60. The SMILES string of the molecule is CCNC(C1=CCCCC1)c1c(Cl)cccc1Cl. The van der Waals surface area contributed by atoms with E-state index < -0.39 is 0 Å². The topological polar surface area (TPSA) is 12.0 Å². The fraction of sp³-hybridized carbons (Fsp3) is 0.467. The lowest BCUT2D eigenvalue weighted by Crippen LogP contribution is -2.24. The summed E-state index contributed by atoms with van der Waals surface area (Å²) in [5, 5.41) is 5.01. The highest BCUT2D eigenvalue weighted by atomic mass is 35.5. The molecule has 0 aliphatic heterocycles. The van der Waals surface area contributed by atoms with Crippen LogP contribution in [-0.2, 0) is 0 Å². The quantitative estimate of drug-likeness (QED) is 0.754. The summed E-state index contributed by atoms with van der Waals surface area (Å²) in [6.45, 7) is 3.02. The van der Waals surface area contributed by atoms with Crippen LogP contribution in [0.25, 0.3) is 0 Å². The van der Waals surface area contributed by atoms with Crippen LogP contribution in [0, 0.1) is 0 Å². The Morgan fingerprint density at radius 3 is 2.50 bits per heavy atom. The minimum atomic E-state index is 0.163. The average molecular weight is 284 g/mol. The van der Waals surface area contributed by atoms with Crippen molar-refractivity contribution in [2.24, 2.45) is 0 Å². The van der Waals surface area contributed by atoms with Gasteiger partial charge in [0, 0.05) is 15.6 Å². The average Bonchev–Trinajstić information content (AvgIpc) is 2.38. The van der Waals surface area contributed by atoms with Gasteiger partial charge in [0.2, 0.25) is 0 Å². The van der Waals surface area contributed by atoms with Gasteiger partial charge >= 0.3 is 0 Å². The highest BCUT2D eigenvalue weighted by molar-refractivity contribution is 6.36. The molecule has 1 nitrogen and oxygen atoms in total. The van der Waals surface area contributed by atoms with Crippen molar-refractivity contribution in [2.45, 2.75) is 38.6 Å². The maximum Gasteiger partial charge on any atom is 0.0565 e. The summed E-state index contributed by atoms with van der Waals surface area (Å²) in [6, 6.07) is 5.89. The number of likely N-dealkylation sites (N-methyl/N-ethyl adjacent to an activating group) is 1. The number of rotatable bonds is 4. The molecule has 0 fully saturated rings. The van der Waals surface area contributed by atoms with E-state index in [1.165, 1.54) is 24.8 Å². The molecule has 0 amide bonds. The molecule has 0 saturated carbocycles. The Bertz CT molecular complexity index is 420. The van der Waals surface area contributed by atoms with Gasteiger partial charge in [-0.25, -0.2) is 0 Å². The van der Waals surface area contributed by atoms with E-state index in [2.05, 4.69) is 18.3 Å². The summed E-state index contributed by atoms with van der Waals surface area (Å²) in [7, 11) is 0. The van der Waals surface area contributed by atoms with Gasteiger partial charge < -0.3 is 5.32 Å². The van der Waals surface area contributed by atoms with E-state index in [-0.39, 0.29) is 6.04 Å². The second kappa shape index (κ2) is 6.60. The summed E-state index contributed by atoms with van der Waals surface area (Å²) >= 11 is 12.7. The lowest BCUT2D eigenvalue weighted by Gasteiger charge is -2.26. The number of hydrogen-bond donors (Lipinski definition) is 1. The molecule has 1 aliphatic carbocycles. The van der Waals surface area contributed by atoms with Crippen molar-refractivity contribution in [3.63, 3.8) is 0 Å². The first kappa shape index (κ1) is 13.9. The van der Waals surface area contributed by atoms with Crippen LogP contribution in [0.1, 0.15) is 44.2 Å². The minimum Gasteiger partial charge on any atom is -0.307 e. The van der Waals surface area contributed by atoms with Crippen molar-refractivity contribution in [1.29, 1.82) is 0 Å². The number of allylic oxidation sites excluding steroid dienone is 1. The molecular weight excluding hydrogens is 265 g/mol. The van der Waals surface area contributed by atoms with E-state index in [0.29, 0.717) is 0 Å². The van der Waals surface area contributed by atoms with E-state index in [9.17, 15) is 0 Å². The third-order valence-electron chi connectivity index (χ3n) is 3.39. The zero-order chi connectivity index (χ0) is 13.0. The Kier molecular flexibility index (Phi) is 5.11. The normalized spacial score (nSPS) is 17.4. The number of halogens is 2. The van der Waals surface area contributed by atoms with Crippen LogP contribution < -0.4 is 5.32 Å². The first-order valence-corrected chi connectivity index (χ1v) is 7.36. The molecular formula is C15H19Cl2N. The minimum absolute atomic E-state index is 0.163. The molecule has 98 valence electrons. The molecule has 1 aromatic rings. The number of hydrogen-bond acceptors (Lipinski definition) is 1. The predicted octanol–water partition coefficient (Wildman–Crippen LogP) is 5.14. The van der Waals surface area contributed by atoms with Crippen molar-refractivity contribution >= 4 is 23.2 Å². The highest BCUT2D eigenvalue weighted by Gasteiger charge is 2.21. The molecule has 0 aromatic heterocycles. The van der Waals surface area contributed by atoms with Crippen LogP contribution in [-0.4, -0.2) is 6.54 Å². The zero-order valence-corrected chi connectivity index (χ0v) is 12.2. The molecule has 0 saturated heterocycles. The maximum absolute atomic E-state index is 6.33. The van der Waals surface area contributed by atoms with Crippen LogP contribution in [0.4, 0.5) is 0 Å². The number of benzene rings is 1. The van der Waals surface area contributed by atoms with Crippen LogP contribution >= 0.6 is 23.2 Å². The Balaban J connectivity index is 2.37. The van der Waals surface area contributed by atoms with Gasteiger partial charge in [-0.05, 0) is 44.4 Å². The molecule has 0 spiro atoms. The van der Waals surface area contributed by atoms with Crippen molar-refractivity contribution in [2.75, 3.05) is 6.54 Å². The summed E-state index contributed by atoms with van der Waals surface area (Å²) in [6.07, 6.45) is 7.20. The lowest BCUT2D eigenvalue weighted by atomic mass is 9.89. The molecule has 0 heterocycles. The first-order chi connectivity index (χ1) is 8.74. The molecule has 0 bridgehead atoms. The molecule has 3 heteroatoms. The van der Waals surface area contributed by atoms with E-state index in [1.54, 1.807) is 0 Å². The maximum atomic E-state index is 6.33. The second-order valence-electron chi connectivity index (χ2n) is 4.65. The molecule has 2 rings (SSSR count). The van der Waals surface area contributed by atoms with Gasteiger partial charge in [-0.3, -0.25) is 0 Å². The molecule has 0 radical (unpaired) electrons. The van der Waals surface area contributed by atoms with E-state index >= 15 is 0 Å². The fourth-order valence-electron chi connectivity index (χ4n) is 2.53. The third-order valence-corrected chi connectivity index (χ3v) is 4.05. The predicted molar refractivity (Wildman–Crippen MR) is 79.4 cm³/mol. The van der Waals surface area contributed by atoms with Crippen molar-refractivity contribution in [1.82, 2.24) is 5.32 Å². The van der Waals surface area contributed by atoms with E-state index in [0.717, 1.165) is 28.6 Å². The van der Waals surface area contributed by atoms with Crippen molar-refractivity contribution < 1.29 is 0 Å². The van der Waals surface area contributed by atoms with E-state index in [1.807, 2.05) is 18.2 Å². The zero-order valence-electron chi connectivity index (χ0n) is 10.7. The van der Waals surface area contributed by atoms with Crippen LogP contribution in [0.2, 0.25) is 10.0 Å². The number of nitrogens with one attached hydrogen (secondary N) is 1. The van der Waals surface area contributed by atoms with Gasteiger partial charge in [0.15, 0.2) is 0 Å². The molecule has 18 heavy (non-hydrogen) atoms. The Morgan fingerprint density at radius 2 is 1.94 bits per heavy atom. The van der Waals surface area contributed by atoms with E-state index in [4.69, 9.17) is 23.2 Å². The van der Waals surface area contributed by atoms with Gasteiger partial charge in [-0.15, -0.1) is 0 Å². The van der Waals surface area contributed by atoms with Crippen molar-refractivity contribution in [3.8, 4) is 0 Å². The third kappa shape index (κ3) is 3.09. The summed E-state index contributed by atoms with van der Waals surface area (Å²) in [5.74, 6) is 0. The Morgan fingerprint density at radius 1 is 1.22 bits per heavy atom. The molecule has 1 aliphatic rings. The highest BCUT2D eigenvalue weighted by Crippen LogP contribution is 2.37. The smallest absolute Gasteiger partial charge is 0.0565 e. The molecule has 1 atom stereocenters. The molecule has 1 N–H and O–H groups in total. The second-order valence-corrected chi connectivity index (χ2v) is 5.47. The van der Waals surface area contributed by atoms with Crippen molar-refractivity contribution in [3.05, 3.63) is 45.5 Å². The Labute approximate surface area is 119 Å². The lowest BCUT2D eigenvalue weighted by molar-refractivity contribution is 0.564. The molecule has 1 aromatic carbocycles. The van der Waals surface area contributed by atoms with Crippen LogP contribution in [0.3, 0.4) is 0 Å². The van der Waals surface area contributed by atoms with Crippen LogP contribution in [0.5, 0.6) is 0 Å². The largest absolute Gasteiger partial charge is 0.307 e. The van der Waals surface area contributed by atoms with Crippen LogP contribution in [0.15, 0.2) is 29.8 Å². The van der Waals surface area contributed by atoms with Gasteiger partial charge in [0.25, 0.3) is 0 Å². The van der Waals surface area contributed by atoms with Gasteiger partial charge in [0.05, 0.1) is 6.04 Å². The fourth-order valence-corrected chi connectivity index (χ4v) is 3.15. The summed E-state index contributed by atoms with van der Waals surface area (Å²) in [5.41, 5.74) is 2.45. The monoisotopic (exact) mass is 283 g/mol. The van der Waals surface area contributed by atoms with Gasteiger partial charge in [-0.1, -0.05) is 47.8 Å². The summed E-state index contributed by atoms with van der Waals surface area (Å²) < 4.78 is 0. The Hall–Kier alpha value is -0.500.